The quantitative estimate of drug-likeness (QED) is 0.582. The first kappa shape index (κ1) is 21.7. The van der Waals surface area contributed by atoms with E-state index in [9.17, 15) is 9.59 Å². The number of nitrogens with zero attached hydrogens (tertiary/aromatic N) is 5. The van der Waals surface area contributed by atoms with Gasteiger partial charge in [-0.05, 0) is 42.7 Å². The van der Waals surface area contributed by atoms with Gasteiger partial charge in [-0.1, -0.05) is 49.6 Å². The topological polar surface area (TPSA) is 106 Å². The molecule has 1 aliphatic carbocycles. The van der Waals surface area contributed by atoms with Crippen molar-refractivity contribution in [3.63, 3.8) is 0 Å². The first-order chi connectivity index (χ1) is 15.6. The van der Waals surface area contributed by atoms with Crippen LogP contribution in [0.5, 0.6) is 0 Å². The molecule has 32 heavy (non-hydrogen) atoms. The summed E-state index contributed by atoms with van der Waals surface area (Å²) in [4.78, 5) is 28.5. The number of carbonyl (C=O) groups is 2. The average molecular weight is 437 g/mol. The average Bonchev–Trinajstić information content (AvgIpc) is 3.43. The highest BCUT2D eigenvalue weighted by Gasteiger charge is 2.22. The van der Waals surface area contributed by atoms with Crippen LogP contribution in [0.4, 0.5) is 0 Å². The number of nitrogens with one attached hydrogen (secondary N) is 1. The zero-order chi connectivity index (χ0) is 22.3. The molecule has 0 unspecified atom stereocenters. The lowest BCUT2D eigenvalue weighted by Gasteiger charge is -2.26. The number of hydrogen-bond donors (Lipinski definition) is 1. The molecule has 0 bridgehead atoms. The second kappa shape index (κ2) is 10.2. The van der Waals surface area contributed by atoms with Gasteiger partial charge in [-0.25, -0.2) is 0 Å². The second-order valence-electron chi connectivity index (χ2n) is 8.19. The highest BCUT2D eigenvalue weighted by atomic mass is 16.3. The number of amides is 2. The third-order valence-electron chi connectivity index (χ3n) is 5.56. The highest BCUT2D eigenvalue weighted by molar-refractivity contribution is 5.84. The molecule has 2 heterocycles. The maximum atomic E-state index is 13.1. The molecular weight excluding hydrogens is 408 g/mol. The Balaban J connectivity index is 1.43. The van der Waals surface area contributed by atoms with Gasteiger partial charge in [0.05, 0.1) is 6.54 Å². The van der Waals surface area contributed by atoms with Gasteiger partial charge in [-0.3, -0.25) is 9.59 Å². The van der Waals surface area contributed by atoms with Crippen LogP contribution in [0.15, 0.2) is 46.9 Å². The molecule has 1 fully saturated rings. The van der Waals surface area contributed by atoms with Gasteiger partial charge in [0.1, 0.15) is 12.3 Å². The van der Waals surface area contributed by atoms with Crippen molar-refractivity contribution < 1.29 is 14.0 Å². The van der Waals surface area contributed by atoms with Crippen molar-refractivity contribution in [2.75, 3.05) is 6.54 Å². The number of rotatable bonds is 8. The van der Waals surface area contributed by atoms with Crippen molar-refractivity contribution in [1.29, 1.82) is 0 Å². The zero-order valence-electron chi connectivity index (χ0n) is 18.2. The molecule has 1 saturated carbocycles. The van der Waals surface area contributed by atoms with Crippen molar-refractivity contribution in [2.45, 2.75) is 58.2 Å². The van der Waals surface area contributed by atoms with E-state index in [1.807, 2.05) is 43.3 Å². The summed E-state index contributed by atoms with van der Waals surface area (Å²) < 4.78 is 5.51. The number of benzene rings is 1. The minimum Gasteiger partial charge on any atom is -0.458 e. The molecule has 1 aliphatic rings. The summed E-state index contributed by atoms with van der Waals surface area (Å²) in [6.45, 7) is 2.04. The van der Waals surface area contributed by atoms with Crippen LogP contribution < -0.4 is 5.32 Å². The van der Waals surface area contributed by atoms with Gasteiger partial charge >= 0.3 is 0 Å². The monoisotopic (exact) mass is 436 g/mol. The number of tetrazole rings is 1. The van der Waals surface area contributed by atoms with Gasteiger partial charge in [-0.15, -0.1) is 10.2 Å². The van der Waals surface area contributed by atoms with E-state index in [1.54, 1.807) is 6.07 Å². The largest absolute Gasteiger partial charge is 0.458 e. The van der Waals surface area contributed by atoms with Crippen LogP contribution in [-0.4, -0.2) is 49.5 Å². The van der Waals surface area contributed by atoms with Crippen molar-refractivity contribution in [2.24, 2.45) is 0 Å². The van der Waals surface area contributed by atoms with Gasteiger partial charge in [-0.2, -0.15) is 4.80 Å². The minimum absolute atomic E-state index is 0.0108. The zero-order valence-corrected chi connectivity index (χ0v) is 18.2. The van der Waals surface area contributed by atoms with Crippen LogP contribution in [0.3, 0.4) is 0 Å². The molecule has 0 aliphatic heterocycles. The number of hydrogen-bond acceptors (Lipinski definition) is 6. The van der Waals surface area contributed by atoms with Crippen LogP contribution in [0.1, 0.15) is 43.4 Å². The molecule has 9 heteroatoms. The Morgan fingerprint density at radius 1 is 1.12 bits per heavy atom. The maximum Gasteiger partial charge on any atom is 0.247 e. The molecule has 168 valence electrons. The summed E-state index contributed by atoms with van der Waals surface area (Å²) in [5.41, 5.74) is 0.949. The number of carbonyl (C=O) groups excluding carboxylic acids is 2. The fourth-order valence-corrected chi connectivity index (χ4v) is 3.91. The molecule has 0 spiro atoms. The third kappa shape index (κ3) is 5.81. The lowest BCUT2D eigenvalue weighted by atomic mass is 9.95. The molecular formula is C23H28N6O3. The van der Waals surface area contributed by atoms with Crippen LogP contribution >= 0.6 is 0 Å². The van der Waals surface area contributed by atoms with Gasteiger partial charge in [0.15, 0.2) is 5.76 Å². The van der Waals surface area contributed by atoms with E-state index in [4.69, 9.17) is 4.42 Å². The van der Waals surface area contributed by atoms with Gasteiger partial charge < -0.3 is 14.6 Å². The molecule has 3 aromatic rings. The predicted molar refractivity (Wildman–Crippen MR) is 117 cm³/mol. The molecule has 0 saturated heterocycles. The lowest BCUT2D eigenvalue weighted by Crippen LogP contribution is -2.45. The van der Waals surface area contributed by atoms with E-state index >= 15 is 0 Å². The Hall–Kier alpha value is -3.49. The highest BCUT2D eigenvalue weighted by Crippen LogP contribution is 2.18. The molecule has 0 radical (unpaired) electrons. The molecule has 0 atom stereocenters. The van der Waals surface area contributed by atoms with Crippen molar-refractivity contribution in [1.82, 2.24) is 30.4 Å². The molecule has 2 amide bonds. The standard InChI is InChI=1S/C23H28N6O3/c1-17-12-13-20(32-17)23-25-27-29(26-23)16-22(31)28(14-18-8-4-2-5-9-18)15-21(30)24-19-10-6-3-7-11-19/h2,4-5,8-9,12-13,19H,3,6-7,10-11,14-16H2,1H3,(H,24,30). The minimum atomic E-state index is -0.257. The fourth-order valence-electron chi connectivity index (χ4n) is 3.91. The number of aryl methyl sites for hydroxylation is 1. The van der Waals surface area contributed by atoms with E-state index in [0.717, 1.165) is 37.0 Å². The van der Waals surface area contributed by atoms with E-state index in [1.165, 1.54) is 16.1 Å². The Morgan fingerprint density at radius 2 is 1.91 bits per heavy atom. The summed E-state index contributed by atoms with van der Waals surface area (Å²) in [7, 11) is 0. The Labute approximate surface area is 186 Å². The van der Waals surface area contributed by atoms with Gasteiger partial charge in [0, 0.05) is 12.6 Å². The molecule has 2 aromatic heterocycles. The van der Waals surface area contributed by atoms with Crippen molar-refractivity contribution >= 4 is 11.8 Å². The smallest absolute Gasteiger partial charge is 0.247 e. The Kier molecular flexibility index (Phi) is 6.94. The van der Waals surface area contributed by atoms with Crippen molar-refractivity contribution in [3.8, 4) is 11.6 Å². The van der Waals surface area contributed by atoms with Crippen LogP contribution in [0.2, 0.25) is 0 Å². The normalized spacial score (nSPS) is 14.3. The summed E-state index contributed by atoms with van der Waals surface area (Å²) in [6, 6.07) is 13.4. The predicted octanol–water partition coefficient (Wildman–Crippen LogP) is 2.72. The lowest BCUT2D eigenvalue weighted by molar-refractivity contribution is -0.137. The Bertz CT molecular complexity index is 1040. The fraction of sp³-hybridized carbons (Fsp3) is 0.435. The van der Waals surface area contributed by atoms with Crippen LogP contribution in [0.25, 0.3) is 11.6 Å². The van der Waals surface area contributed by atoms with E-state index in [-0.39, 0.29) is 30.9 Å². The first-order valence-electron chi connectivity index (χ1n) is 11.0. The first-order valence-corrected chi connectivity index (χ1v) is 11.0. The number of aromatic nitrogens is 4. The summed E-state index contributed by atoms with van der Waals surface area (Å²) in [5, 5.41) is 15.3. The SMILES string of the molecule is Cc1ccc(-c2nnn(CC(=O)N(CC(=O)NC3CCCCC3)Cc3ccccc3)n2)o1. The van der Waals surface area contributed by atoms with Gasteiger partial charge in [0.2, 0.25) is 17.6 Å². The Morgan fingerprint density at radius 3 is 2.62 bits per heavy atom. The van der Waals surface area contributed by atoms with E-state index in [0.29, 0.717) is 18.1 Å². The van der Waals surface area contributed by atoms with E-state index in [2.05, 4.69) is 20.7 Å². The summed E-state index contributed by atoms with van der Waals surface area (Å²) in [6.07, 6.45) is 5.47. The van der Waals surface area contributed by atoms with E-state index < -0.39 is 0 Å². The van der Waals surface area contributed by atoms with Gasteiger partial charge in [0.25, 0.3) is 0 Å². The molecule has 9 nitrogen and oxygen atoms in total. The van der Waals surface area contributed by atoms with Crippen molar-refractivity contribution in [3.05, 3.63) is 53.8 Å². The second-order valence-corrected chi connectivity index (χ2v) is 8.19. The number of furan rings is 1. The summed E-state index contributed by atoms with van der Waals surface area (Å²) >= 11 is 0. The maximum absolute atomic E-state index is 13.1. The molecule has 1 N–H and O–H groups in total. The van der Waals surface area contributed by atoms with Crippen LogP contribution in [-0.2, 0) is 22.7 Å². The molecule has 4 rings (SSSR count). The summed E-state index contributed by atoms with van der Waals surface area (Å²) in [5.74, 6) is 1.15. The van der Waals surface area contributed by atoms with Crippen LogP contribution in [0, 0.1) is 6.92 Å². The molecule has 1 aromatic carbocycles. The third-order valence-corrected chi connectivity index (χ3v) is 5.56.